The lowest BCUT2D eigenvalue weighted by atomic mass is 9.97. The van der Waals surface area contributed by atoms with Gasteiger partial charge in [0.25, 0.3) is 0 Å². The lowest BCUT2D eigenvalue weighted by molar-refractivity contribution is -0.0396. The van der Waals surface area contributed by atoms with Crippen LogP contribution in [0, 0.1) is 0 Å². The Kier molecular flexibility index (Phi) is 10.5. The summed E-state index contributed by atoms with van der Waals surface area (Å²) in [6.45, 7) is 8.02. The second-order valence-electron chi connectivity index (χ2n) is 11.6. The normalized spacial score (nSPS) is 19.3. The molecule has 0 atom stereocenters. The van der Waals surface area contributed by atoms with E-state index >= 15 is 0 Å². The Morgan fingerprint density at radius 1 is 0.951 bits per heavy atom. The van der Waals surface area contributed by atoms with E-state index in [9.17, 15) is 5.11 Å². The summed E-state index contributed by atoms with van der Waals surface area (Å²) in [6, 6.07) is 8.68. The van der Waals surface area contributed by atoms with E-state index in [2.05, 4.69) is 59.0 Å². The predicted molar refractivity (Wildman–Crippen MR) is 171 cm³/mol. The summed E-state index contributed by atoms with van der Waals surface area (Å²) in [5, 5.41) is 10.4. The van der Waals surface area contributed by atoms with Crippen molar-refractivity contribution in [3.8, 4) is 11.1 Å². The SMILES string of the molecule is CN=C(SC(=C(C)C)c1ccc(-c2cnc(N3CCC(OC4CCCCC4)CC3)nc2)cc1)N1CC=C(CO)CC1. The molecule has 41 heavy (non-hydrogen) atoms. The summed E-state index contributed by atoms with van der Waals surface area (Å²) in [5.74, 6) is 0.815. The summed E-state index contributed by atoms with van der Waals surface area (Å²) in [7, 11) is 1.86. The molecule has 1 aromatic heterocycles. The monoisotopic (exact) mass is 575 g/mol. The maximum atomic E-state index is 9.43. The minimum atomic E-state index is 0.146. The average Bonchev–Trinajstić information content (AvgIpc) is 3.03. The summed E-state index contributed by atoms with van der Waals surface area (Å²) >= 11 is 1.72. The highest BCUT2D eigenvalue weighted by Crippen LogP contribution is 2.35. The van der Waals surface area contributed by atoms with Gasteiger partial charge in [-0.1, -0.05) is 66.9 Å². The number of aromatic nitrogens is 2. The summed E-state index contributed by atoms with van der Waals surface area (Å²) in [5.41, 5.74) is 5.69. The molecule has 3 heterocycles. The summed E-state index contributed by atoms with van der Waals surface area (Å²) < 4.78 is 6.41. The van der Waals surface area contributed by atoms with Crippen molar-refractivity contribution in [1.82, 2.24) is 14.9 Å². The van der Waals surface area contributed by atoms with Crippen molar-refractivity contribution in [3.63, 3.8) is 0 Å². The fourth-order valence-electron chi connectivity index (χ4n) is 5.93. The van der Waals surface area contributed by atoms with E-state index in [1.54, 1.807) is 11.8 Å². The first-order chi connectivity index (χ1) is 20.0. The third-order valence-corrected chi connectivity index (χ3v) is 9.87. The van der Waals surface area contributed by atoms with Crippen molar-refractivity contribution in [2.45, 2.75) is 77.4 Å². The first-order valence-electron chi connectivity index (χ1n) is 15.2. The number of benzene rings is 1. The van der Waals surface area contributed by atoms with Crippen LogP contribution in [0.25, 0.3) is 16.0 Å². The van der Waals surface area contributed by atoms with Crippen molar-refractivity contribution in [3.05, 3.63) is 59.4 Å². The lowest BCUT2D eigenvalue weighted by Gasteiger charge is -2.34. The van der Waals surface area contributed by atoms with Crippen LogP contribution in [0.2, 0.25) is 0 Å². The average molecular weight is 576 g/mol. The number of piperidine rings is 1. The molecule has 1 aliphatic carbocycles. The molecule has 1 N–H and O–H groups in total. The Labute approximate surface area is 249 Å². The smallest absolute Gasteiger partial charge is 0.225 e. The quantitative estimate of drug-likeness (QED) is 0.228. The van der Waals surface area contributed by atoms with Gasteiger partial charge in [-0.25, -0.2) is 9.97 Å². The molecule has 2 aliphatic heterocycles. The number of ether oxygens (including phenoxy) is 1. The lowest BCUT2D eigenvalue weighted by Crippen LogP contribution is -2.39. The van der Waals surface area contributed by atoms with E-state index < -0.39 is 0 Å². The largest absolute Gasteiger partial charge is 0.392 e. The zero-order valence-electron chi connectivity index (χ0n) is 24.9. The molecule has 0 spiro atoms. The highest BCUT2D eigenvalue weighted by molar-refractivity contribution is 8.21. The van der Waals surface area contributed by atoms with Crippen molar-refractivity contribution in [1.29, 1.82) is 0 Å². The Morgan fingerprint density at radius 2 is 1.63 bits per heavy atom. The number of allylic oxidation sites excluding steroid dienone is 1. The Balaban J connectivity index is 1.18. The molecule has 3 aliphatic rings. The van der Waals surface area contributed by atoms with Gasteiger partial charge in [0, 0.05) is 56.1 Å². The van der Waals surface area contributed by atoms with Crippen molar-refractivity contribution in [2.24, 2.45) is 4.99 Å². The second kappa shape index (κ2) is 14.5. The van der Waals surface area contributed by atoms with E-state index in [1.165, 1.54) is 48.1 Å². The van der Waals surface area contributed by atoms with Gasteiger partial charge in [0.2, 0.25) is 5.95 Å². The Hall–Kier alpha value is -2.68. The van der Waals surface area contributed by atoms with Gasteiger partial charge in [0.1, 0.15) is 0 Å². The third-order valence-electron chi connectivity index (χ3n) is 8.40. The molecule has 5 rings (SSSR count). The zero-order valence-corrected chi connectivity index (χ0v) is 25.7. The first kappa shape index (κ1) is 29.8. The number of thioether (sulfide) groups is 1. The number of hydrogen-bond acceptors (Lipinski definition) is 7. The number of aliphatic hydroxyl groups is 1. The molecule has 7 nitrogen and oxygen atoms in total. The minimum absolute atomic E-state index is 0.146. The van der Waals surface area contributed by atoms with Crippen LogP contribution in [0.5, 0.6) is 0 Å². The molecular formula is C33H45N5O2S. The molecule has 8 heteroatoms. The van der Waals surface area contributed by atoms with Gasteiger partial charge < -0.3 is 19.6 Å². The number of aliphatic imine (C=N–C) groups is 1. The fourth-order valence-corrected chi connectivity index (χ4v) is 6.96. The number of hydrogen-bond donors (Lipinski definition) is 1. The highest BCUT2D eigenvalue weighted by atomic mass is 32.2. The van der Waals surface area contributed by atoms with Crippen LogP contribution in [0.15, 0.2) is 58.9 Å². The summed E-state index contributed by atoms with van der Waals surface area (Å²) in [6.07, 6.45) is 16.3. The third kappa shape index (κ3) is 7.79. The number of anilines is 1. The second-order valence-corrected chi connectivity index (χ2v) is 12.6. The number of aliphatic hydroxyl groups excluding tert-OH is 1. The molecule has 0 radical (unpaired) electrons. The maximum absolute atomic E-state index is 9.43. The molecule has 0 bridgehead atoms. The molecule has 220 valence electrons. The Bertz CT molecular complexity index is 1220. The van der Waals surface area contributed by atoms with Gasteiger partial charge in [-0.05, 0) is 62.7 Å². The Morgan fingerprint density at radius 3 is 2.22 bits per heavy atom. The number of amidine groups is 1. The van der Waals surface area contributed by atoms with E-state index in [4.69, 9.17) is 14.7 Å². The van der Waals surface area contributed by atoms with Crippen molar-refractivity contribution in [2.75, 3.05) is 44.7 Å². The maximum Gasteiger partial charge on any atom is 0.225 e. The molecule has 0 amide bonds. The van der Waals surface area contributed by atoms with Crippen LogP contribution in [-0.2, 0) is 4.74 Å². The van der Waals surface area contributed by atoms with Gasteiger partial charge in [0.15, 0.2) is 5.17 Å². The molecule has 1 aromatic carbocycles. The van der Waals surface area contributed by atoms with Crippen LogP contribution in [0.1, 0.15) is 70.8 Å². The van der Waals surface area contributed by atoms with Gasteiger partial charge >= 0.3 is 0 Å². The van der Waals surface area contributed by atoms with Crippen molar-refractivity contribution < 1.29 is 9.84 Å². The minimum Gasteiger partial charge on any atom is -0.392 e. The van der Waals surface area contributed by atoms with E-state index in [1.807, 2.05) is 19.4 Å². The van der Waals surface area contributed by atoms with Crippen LogP contribution in [-0.4, -0.2) is 77.2 Å². The molecule has 0 unspecified atom stereocenters. The van der Waals surface area contributed by atoms with E-state index in [0.717, 1.165) is 73.3 Å². The predicted octanol–water partition coefficient (Wildman–Crippen LogP) is 6.56. The molecule has 1 saturated heterocycles. The van der Waals surface area contributed by atoms with Crippen LogP contribution in [0.3, 0.4) is 0 Å². The van der Waals surface area contributed by atoms with E-state index in [-0.39, 0.29) is 6.61 Å². The fraction of sp³-hybridized carbons (Fsp3) is 0.545. The van der Waals surface area contributed by atoms with Gasteiger partial charge in [0.05, 0.1) is 18.8 Å². The summed E-state index contributed by atoms with van der Waals surface area (Å²) in [4.78, 5) is 19.9. The molecule has 1 saturated carbocycles. The van der Waals surface area contributed by atoms with Gasteiger partial charge in [-0.2, -0.15) is 0 Å². The molecular weight excluding hydrogens is 530 g/mol. The number of rotatable bonds is 7. The van der Waals surface area contributed by atoms with Crippen LogP contribution < -0.4 is 4.90 Å². The van der Waals surface area contributed by atoms with Crippen LogP contribution in [0.4, 0.5) is 5.95 Å². The first-order valence-corrected chi connectivity index (χ1v) is 16.0. The van der Waals surface area contributed by atoms with Gasteiger partial charge in [-0.15, -0.1) is 0 Å². The van der Waals surface area contributed by atoms with E-state index in [0.29, 0.717) is 12.2 Å². The van der Waals surface area contributed by atoms with Crippen LogP contribution >= 0.6 is 11.8 Å². The zero-order chi connectivity index (χ0) is 28.6. The molecule has 2 aromatic rings. The highest BCUT2D eigenvalue weighted by Gasteiger charge is 2.25. The van der Waals surface area contributed by atoms with Gasteiger partial charge in [-0.3, -0.25) is 4.99 Å². The topological polar surface area (TPSA) is 74.1 Å². The standard InChI is InChI=1S/C33H45N5O2S/c1-24(2)31(41-33(34-3)38-17-13-25(23-39)14-18-38)27-11-9-26(10-12-27)28-21-35-32(36-22-28)37-19-15-30(16-20-37)40-29-7-5-4-6-8-29/h9-13,21-22,29-30,39H,4-8,14-20,23H2,1-3H3. The molecule has 2 fully saturated rings. The van der Waals surface area contributed by atoms with Crippen molar-refractivity contribution >= 4 is 27.8 Å². The number of nitrogens with zero attached hydrogens (tertiary/aromatic N) is 5.